The molecule has 0 heterocycles. The lowest BCUT2D eigenvalue weighted by atomic mass is 10.2. The Morgan fingerprint density at radius 1 is 1.09 bits per heavy atom. The predicted molar refractivity (Wildman–Crippen MR) is 86.7 cm³/mol. The summed E-state index contributed by atoms with van der Waals surface area (Å²) in [5.41, 5.74) is 1.85. The van der Waals surface area contributed by atoms with E-state index in [1.54, 1.807) is 55.6 Å². The summed E-state index contributed by atoms with van der Waals surface area (Å²) in [6.07, 6.45) is 2.31. The molecule has 0 unspecified atom stereocenters. The molecular weight excluding hydrogens is 300 g/mol. The van der Waals surface area contributed by atoms with Gasteiger partial charge in [0.05, 0.1) is 18.2 Å². The second-order valence-corrected chi connectivity index (χ2v) is 6.28. The molecule has 22 heavy (non-hydrogen) atoms. The van der Waals surface area contributed by atoms with Crippen molar-refractivity contribution < 1.29 is 13.2 Å². The molecule has 1 N–H and O–H groups in total. The Labute approximate surface area is 130 Å². The van der Waals surface area contributed by atoms with Gasteiger partial charge in [-0.1, -0.05) is 19.1 Å². The molecular formula is C16H18N2O3S. The lowest BCUT2D eigenvalue weighted by Crippen LogP contribution is -2.18. The van der Waals surface area contributed by atoms with Crippen molar-refractivity contribution in [2.45, 2.75) is 18.2 Å². The van der Waals surface area contributed by atoms with Crippen molar-refractivity contribution >= 4 is 16.2 Å². The molecule has 0 aliphatic rings. The van der Waals surface area contributed by atoms with Gasteiger partial charge in [-0.15, -0.1) is 0 Å². The number of nitrogens with zero attached hydrogens (tertiary/aromatic N) is 1. The fourth-order valence-corrected chi connectivity index (χ4v) is 2.61. The second-order valence-electron chi connectivity index (χ2n) is 4.62. The van der Waals surface area contributed by atoms with Crippen LogP contribution in [0.15, 0.2) is 58.5 Å². The highest BCUT2D eigenvalue weighted by Crippen LogP contribution is 2.11. The zero-order chi connectivity index (χ0) is 16.0. The smallest absolute Gasteiger partial charge is 0.276 e. The summed E-state index contributed by atoms with van der Waals surface area (Å²) in [6.45, 7) is 2.01. The summed E-state index contributed by atoms with van der Waals surface area (Å²) >= 11 is 0. The van der Waals surface area contributed by atoms with Crippen LogP contribution in [0.1, 0.15) is 18.1 Å². The van der Waals surface area contributed by atoms with Gasteiger partial charge < -0.3 is 4.74 Å². The van der Waals surface area contributed by atoms with E-state index in [1.165, 1.54) is 6.21 Å². The molecule has 0 bridgehead atoms. The van der Waals surface area contributed by atoms with E-state index >= 15 is 0 Å². The highest BCUT2D eigenvalue weighted by molar-refractivity contribution is 7.89. The first-order valence-electron chi connectivity index (χ1n) is 6.83. The number of hydrogen-bond donors (Lipinski definition) is 1. The molecule has 0 saturated heterocycles. The van der Waals surface area contributed by atoms with E-state index in [4.69, 9.17) is 4.74 Å². The Bertz CT molecular complexity index is 736. The molecule has 0 fully saturated rings. The second kappa shape index (κ2) is 7.09. The number of sulfonamides is 1. The van der Waals surface area contributed by atoms with Gasteiger partial charge in [0.2, 0.25) is 0 Å². The van der Waals surface area contributed by atoms with E-state index < -0.39 is 10.0 Å². The van der Waals surface area contributed by atoms with Gasteiger partial charge in [-0.05, 0) is 53.9 Å². The van der Waals surface area contributed by atoms with Crippen LogP contribution in [0, 0.1) is 0 Å². The summed E-state index contributed by atoms with van der Waals surface area (Å²) < 4.78 is 29.2. The molecule has 2 rings (SSSR count). The number of methoxy groups -OCH3 is 1. The number of ether oxygens (including phenoxy) is 1. The average Bonchev–Trinajstić information content (AvgIpc) is 2.55. The molecule has 5 nitrogen and oxygen atoms in total. The monoisotopic (exact) mass is 318 g/mol. The van der Waals surface area contributed by atoms with Gasteiger partial charge in [-0.2, -0.15) is 13.5 Å². The Morgan fingerprint density at radius 3 is 2.27 bits per heavy atom. The first-order chi connectivity index (χ1) is 10.5. The number of aryl methyl sites for hydroxylation is 1. The van der Waals surface area contributed by atoms with Gasteiger partial charge in [-0.3, -0.25) is 0 Å². The van der Waals surface area contributed by atoms with Crippen LogP contribution in [0.5, 0.6) is 5.75 Å². The van der Waals surface area contributed by atoms with Crippen molar-refractivity contribution in [2.24, 2.45) is 5.10 Å². The van der Waals surface area contributed by atoms with Gasteiger partial charge in [0.1, 0.15) is 5.75 Å². The Hall–Kier alpha value is -2.34. The highest BCUT2D eigenvalue weighted by Gasteiger charge is 2.11. The van der Waals surface area contributed by atoms with Crippen molar-refractivity contribution in [3.8, 4) is 5.75 Å². The molecule has 0 aliphatic heterocycles. The molecule has 0 aromatic heterocycles. The maximum absolute atomic E-state index is 12.1. The van der Waals surface area contributed by atoms with E-state index in [1.807, 2.05) is 6.92 Å². The molecule has 2 aromatic carbocycles. The van der Waals surface area contributed by atoms with Crippen LogP contribution in [-0.4, -0.2) is 21.7 Å². The lowest BCUT2D eigenvalue weighted by molar-refractivity contribution is 0.415. The number of hydrazone groups is 1. The summed E-state index contributed by atoms with van der Waals surface area (Å²) in [5, 5.41) is 3.78. The standard InChI is InChI=1S/C16H18N2O3S/c1-3-13-6-10-16(11-7-13)22(19,20)18-17-12-14-4-8-15(21-2)9-5-14/h4-12,18H,3H2,1-2H3. The van der Waals surface area contributed by atoms with E-state index in [0.717, 1.165) is 23.3 Å². The molecule has 0 amide bonds. The SMILES string of the molecule is CCc1ccc(S(=O)(=O)NN=Cc2ccc(OC)cc2)cc1. The summed E-state index contributed by atoms with van der Waals surface area (Å²) in [6, 6.07) is 13.9. The average molecular weight is 318 g/mol. The van der Waals surface area contributed by atoms with Gasteiger partial charge in [0.25, 0.3) is 10.0 Å². The zero-order valence-corrected chi connectivity index (χ0v) is 13.3. The largest absolute Gasteiger partial charge is 0.497 e. The van der Waals surface area contributed by atoms with Crippen LogP contribution in [0.25, 0.3) is 0 Å². The van der Waals surface area contributed by atoms with E-state index in [9.17, 15) is 8.42 Å². The summed E-state index contributed by atoms with van der Waals surface area (Å²) in [7, 11) is -2.06. The van der Waals surface area contributed by atoms with Gasteiger partial charge in [0, 0.05) is 0 Å². The van der Waals surface area contributed by atoms with Crippen molar-refractivity contribution in [1.82, 2.24) is 4.83 Å². The topological polar surface area (TPSA) is 67.8 Å². The molecule has 116 valence electrons. The number of rotatable bonds is 6. The quantitative estimate of drug-likeness (QED) is 0.657. The third-order valence-corrected chi connectivity index (χ3v) is 4.38. The van der Waals surface area contributed by atoms with E-state index in [0.29, 0.717) is 0 Å². The Kier molecular flexibility index (Phi) is 5.16. The van der Waals surface area contributed by atoms with Crippen molar-refractivity contribution in [3.63, 3.8) is 0 Å². The maximum Gasteiger partial charge on any atom is 0.276 e. The minimum atomic E-state index is -3.64. The van der Waals surface area contributed by atoms with Crippen molar-refractivity contribution in [3.05, 3.63) is 59.7 Å². The fourth-order valence-electron chi connectivity index (χ4n) is 1.82. The third kappa shape index (κ3) is 4.08. The van der Waals surface area contributed by atoms with Crippen molar-refractivity contribution in [1.29, 1.82) is 0 Å². The fraction of sp³-hybridized carbons (Fsp3) is 0.188. The first kappa shape index (κ1) is 16.0. The van der Waals surface area contributed by atoms with Gasteiger partial charge in [-0.25, -0.2) is 4.83 Å². The minimum absolute atomic E-state index is 0.191. The van der Waals surface area contributed by atoms with Crippen molar-refractivity contribution in [2.75, 3.05) is 7.11 Å². The summed E-state index contributed by atoms with van der Waals surface area (Å²) in [4.78, 5) is 2.39. The lowest BCUT2D eigenvalue weighted by Gasteiger charge is -2.04. The van der Waals surface area contributed by atoms with Crippen LogP contribution in [0.4, 0.5) is 0 Å². The van der Waals surface area contributed by atoms with E-state index in [2.05, 4.69) is 9.93 Å². The minimum Gasteiger partial charge on any atom is -0.497 e. The highest BCUT2D eigenvalue weighted by atomic mass is 32.2. The van der Waals surface area contributed by atoms with Crippen LogP contribution in [-0.2, 0) is 16.4 Å². The van der Waals surface area contributed by atoms with Gasteiger partial charge >= 0.3 is 0 Å². The molecule has 0 spiro atoms. The Balaban J connectivity index is 2.05. The normalized spacial score (nSPS) is 11.5. The molecule has 2 aromatic rings. The van der Waals surface area contributed by atoms with Crippen LogP contribution < -0.4 is 9.57 Å². The molecule has 6 heteroatoms. The number of hydrogen-bond acceptors (Lipinski definition) is 4. The molecule has 0 atom stereocenters. The van der Waals surface area contributed by atoms with Crippen LogP contribution in [0.3, 0.4) is 0 Å². The number of benzene rings is 2. The van der Waals surface area contributed by atoms with Crippen LogP contribution in [0.2, 0.25) is 0 Å². The Morgan fingerprint density at radius 2 is 1.73 bits per heavy atom. The predicted octanol–water partition coefficient (Wildman–Crippen LogP) is 2.57. The third-order valence-electron chi connectivity index (χ3n) is 3.14. The zero-order valence-electron chi connectivity index (χ0n) is 12.5. The molecule has 0 radical (unpaired) electrons. The van der Waals surface area contributed by atoms with E-state index in [-0.39, 0.29) is 4.90 Å². The first-order valence-corrected chi connectivity index (χ1v) is 8.31. The molecule has 0 saturated carbocycles. The molecule has 0 aliphatic carbocycles. The van der Waals surface area contributed by atoms with Gasteiger partial charge in [0.15, 0.2) is 0 Å². The maximum atomic E-state index is 12.1. The number of nitrogens with one attached hydrogen (secondary N) is 1. The summed E-state index contributed by atoms with van der Waals surface area (Å²) in [5.74, 6) is 0.730. The van der Waals surface area contributed by atoms with Crippen LogP contribution >= 0.6 is 0 Å².